The van der Waals surface area contributed by atoms with E-state index in [1.54, 1.807) is 0 Å². The molecule has 1 aromatic heterocycles. The summed E-state index contributed by atoms with van der Waals surface area (Å²) < 4.78 is 1.92. The van der Waals surface area contributed by atoms with Crippen molar-refractivity contribution in [2.45, 2.75) is 84.7 Å². The van der Waals surface area contributed by atoms with Gasteiger partial charge < -0.3 is 9.80 Å². The molecule has 1 atom stereocenters. The number of hydrogen-bond acceptors (Lipinski definition) is 3. The second kappa shape index (κ2) is 7.88. The molecule has 1 saturated carbocycles. The van der Waals surface area contributed by atoms with Crippen molar-refractivity contribution in [1.82, 2.24) is 19.6 Å². The number of carbonyl (C=O) groups is 2. The predicted octanol–water partition coefficient (Wildman–Crippen LogP) is 3.00. The first kappa shape index (κ1) is 20.9. The largest absolute Gasteiger partial charge is 0.344 e. The Balaban J connectivity index is 1.66. The molecule has 2 fully saturated rings. The third-order valence-electron chi connectivity index (χ3n) is 6.95. The zero-order valence-corrected chi connectivity index (χ0v) is 18.4. The van der Waals surface area contributed by atoms with Crippen LogP contribution in [-0.4, -0.2) is 57.1 Å². The van der Waals surface area contributed by atoms with Crippen molar-refractivity contribution in [3.05, 3.63) is 17.0 Å². The maximum Gasteiger partial charge on any atom is 0.246 e. The van der Waals surface area contributed by atoms with Crippen molar-refractivity contribution in [3.8, 4) is 0 Å². The molecular formula is C22H36N4O2. The smallest absolute Gasteiger partial charge is 0.246 e. The summed E-state index contributed by atoms with van der Waals surface area (Å²) in [5.74, 6) is 0.324. The molecule has 0 bridgehead atoms. The van der Waals surface area contributed by atoms with Crippen molar-refractivity contribution in [3.63, 3.8) is 0 Å². The van der Waals surface area contributed by atoms with Crippen LogP contribution in [0.2, 0.25) is 0 Å². The van der Waals surface area contributed by atoms with Gasteiger partial charge in [-0.1, -0.05) is 19.3 Å². The topological polar surface area (TPSA) is 58.4 Å². The standard InChI is InChI=1S/C22H36N4O2/c1-15(2)26-19(22(21(26)28)12-8-7-9-13-22)20(27)24(5)14-10-11-18-16(3)23-25(6)17(18)4/h15,19H,7-14H2,1-6H3. The summed E-state index contributed by atoms with van der Waals surface area (Å²) in [6.45, 7) is 8.88. The molecule has 1 saturated heterocycles. The maximum atomic E-state index is 13.4. The summed E-state index contributed by atoms with van der Waals surface area (Å²) in [6.07, 6.45) is 6.87. The van der Waals surface area contributed by atoms with Crippen molar-refractivity contribution in [2.24, 2.45) is 12.5 Å². The van der Waals surface area contributed by atoms with Crippen LogP contribution in [0, 0.1) is 19.3 Å². The van der Waals surface area contributed by atoms with Crippen LogP contribution in [0.4, 0.5) is 0 Å². The first-order valence-electron chi connectivity index (χ1n) is 10.8. The van der Waals surface area contributed by atoms with Crippen LogP contribution >= 0.6 is 0 Å². The molecule has 0 radical (unpaired) electrons. The van der Waals surface area contributed by atoms with Gasteiger partial charge in [-0.3, -0.25) is 14.3 Å². The lowest BCUT2D eigenvalue weighted by atomic mass is 9.61. The Morgan fingerprint density at radius 2 is 1.89 bits per heavy atom. The van der Waals surface area contributed by atoms with Gasteiger partial charge in [0.1, 0.15) is 6.04 Å². The van der Waals surface area contributed by atoms with Gasteiger partial charge in [0.25, 0.3) is 0 Å². The average molecular weight is 389 g/mol. The molecular weight excluding hydrogens is 352 g/mol. The van der Waals surface area contributed by atoms with E-state index in [2.05, 4.69) is 12.0 Å². The molecule has 3 rings (SSSR count). The van der Waals surface area contributed by atoms with E-state index in [9.17, 15) is 9.59 Å². The summed E-state index contributed by atoms with van der Waals surface area (Å²) in [7, 11) is 3.86. The summed E-state index contributed by atoms with van der Waals surface area (Å²) in [6, 6.07) is -0.199. The normalized spacial score (nSPS) is 21.3. The number of aromatic nitrogens is 2. The third kappa shape index (κ3) is 3.35. The van der Waals surface area contributed by atoms with E-state index in [1.807, 2.05) is 49.3 Å². The minimum Gasteiger partial charge on any atom is -0.344 e. The molecule has 1 aliphatic carbocycles. The first-order valence-corrected chi connectivity index (χ1v) is 10.8. The van der Waals surface area contributed by atoms with E-state index in [0.717, 1.165) is 44.2 Å². The average Bonchev–Trinajstić information content (AvgIpc) is 2.91. The number of aryl methyl sites for hydroxylation is 2. The van der Waals surface area contributed by atoms with Crippen LogP contribution < -0.4 is 0 Å². The molecule has 2 aliphatic rings. The Morgan fingerprint density at radius 3 is 2.43 bits per heavy atom. The highest BCUT2D eigenvalue weighted by Crippen LogP contribution is 2.51. The van der Waals surface area contributed by atoms with E-state index in [0.29, 0.717) is 6.54 Å². The molecule has 0 aromatic carbocycles. The lowest BCUT2D eigenvalue weighted by Gasteiger charge is -2.59. The highest BCUT2D eigenvalue weighted by Gasteiger charge is 2.64. The number of likely N-dealkylation sites (tertiary alicyclic amines) is 1. The summed E-state index contributed by atoms with van der Waals surface area (Å²) in [5.41, 5.74) is 3.13. The molecule has 2 heterocycles. The molecule has 1 aliphatic heterocycles. The van der Waals surface area contributed by atoms with E-state index in [1.165, 1.54) is 17.7 Å². The molecule has 28 heavy (non-hydrogen) atoms. The highest BCUT2D eigenvalue weighted by molar-refractivity contribution is 6.02. The number of nitrogens with zero attached hydrogens (tertiary/aromatic N) is 4. The minimum atomic E-state index is -0.426. The van der Waals surface area contributed by atoms with Crippen molar-refractivity contribution in [1.29, 1.82) is 0 Å². The van der Waals surface area contributed by atoms with Gasteiger partial charge in [-0.25, -0.2) is 0 Å². The Morgan fingerprint density at radius 1 is 1.25 bits per heavy atom. The van der Waals surface area contributed by atoms with E-state index >= 15 is 0 Å². The lowest BCUT2D eigenvalue weighted by Crippen LogP contribution is -2.75. The van der Waals surface area contributed by atoms with Gasteiger partial charge in [0.15, 0.2) is 0 Å². The molecule has 1 aromatic rings. The fourth-order valence-electron chi connectivity index (χ4n) is 5.24. The molecule has 1 spiro atoms. The number of hydrogen-bond donors (Lipinski definition) is 0. The Kier molecular flexibility index (Phi) is 5.87. The van der Waals surface area contributed by atoms with Crippen molar-refractivity contribution < 1.29 is 9.59 Å². The Hall–Kier alpha value is -1.85. The van der Waals surface area contributed by atoms with Gasteiger partial charge >= 0.3 is 0 Å². The van der Waals surface area contributed by atoms with Gasteiger partial charge in [-0.2, -0.15) is 5.10 Å². The van der Waals surface area contributed by atoms with Gasteiger partial charge in [0.2, 0.25) is 11.8 Å². The number of amides is 2. The molecule has 6 nitrogen and oxygen atoms in total. The number of β-lactam (4-membered cyclic amide) rings is 1. The molecule has 6 heteroatoms. The van der Waals surface area contributed by atoms with Crippen molar-refractivity contribution >= 4 is 11.8 Å². The lowest BCUT2D eigenvalue weighted by molar-refractivity contribution is -0.189. The number of carbonyl (C=O) groups excluding carboxylic acids is 2. The van der Waals surface area contributed by atoms with Gasteiger partial charge in [0, 0.05) is 32.4 Å². The number of rotatable bonds is 6. The zero-order valence-electron chi connectivity index (χ0n) is 18.4. The van der Waals surface area contributed by atoms with Gasteiger partial charge in [-0.05, 0) is 58.9 Å². The van der Waals surface area contributed by atoms with Crippen LogP contribution in [0.25, 0.3) is 0 Å². The SMILES string of the molecule is Cc1nn(C)c(C)c1CCCN(C)C(=O)C1N(C(C)C)C(=O)C12CCCCC2. The second-order valence-electron chi connectivity index (χ2n) is 9.06. The first-order chi connectivity index (χ1) is 13.2. The molecule has 1 unspecified atom stereocenters. The third-order valence-corrected chi connectivity index (χ3v) is 6.95. The molecule has 156 valence electrons. The monoisotopic (exact) mass is 388 g/mol. The van der Waals surface area contributed by atoms with Crippen LogP contribution in [0.3, 0.4) is 0 Å². The molecule has 0 N–H and O–H groups in total. The fourth-order valence-corrected chi connectivity index (χ4v) is 5.24. The predicted molar refractivity (Wildman–Crippen MR) is 110 cm³/mol. The van der Waals surface area contributed by atoms with Gasteiger partial charge in [0.05, 0.1) is 11.1 Å². The Labute approximate surface area is 169 Å². The van der Waals surface area contributed by atoms with E-state index in [4.69, 9.17) is 0 Å². The van der Waals surface area contributed by atoms with E-state index < -0.39 is 5.41 Å². The summed E-state index contributed by atoms with van der Waals surface area (Å²) in [4.78, 5) is 30.0. The molecule has 2 amide bonds. The quantitative estimate of drug-likeness (QED) is 0.704. The fraction of sp³-hybridized carbons (Fsp3) is 0.773. The minimum absolute atomic E-state index is 0.0723. The zero-order chi connectivity index (χ0) is 20.6. The maximum absolute atomic E-state index is 13.4. The van der Waals surface area contributed by atoms with Crippen LogP contribution in [0.1, 0.15) is 69.3 Å². The Bertz CT molecular complexity index is 746. The van der Waals surface area contributed by atoms with Crippen molar-refractivity contribution in [2.75, 3.05) is 13.6 Å². The summed E-state index contributed by atoms with van der Waals surface area (Å²) in [5, 5.41) is 4.48. The second-order valence-corrected chi connectivity index (χ2v) is 9.06. The highest BCUT2D eigenvalue weighted by atomic mass is 16.2. The van der Waals surface area contributed by atoms with E-state index in [-0.39, 0.29) is 23.9 Å². The van der Waals surface area contributed by atoms with Crippen LogP contribution in [0.5, 0.6) is 0 Å². The number of likely N-dealkylation sites (N-methyl/N-ethyl adjacent to an activating group) is 1. The van der Waals surface area contributed by atoms with Gasteiger partial charge in [-0.15, -0.1) is 0 Å². The summed E-state index contributed by atoms with van der Waals surface area (Å²) >= 11 is 0. The van der Waals surface area contributed by atoms with Crippen LogP contribution in [-0.2, 0) is 23.1 Å². The van der Waals surface area contributed by atoms with Crippen LogP contribution in [0.15, 0.2) is 0 Å².